The number of carboxylic acids is 1. The Balaban J connectivity index is 2.51. The Morgan fingerprint density at radius 1 is 1.39 bits per heavy atom. The fraction of sp³-hybridized carbons (Fsp3) is 0.727. The highest BCUT2D eigenvalue weighted by Gasteiger charge is 2.29. The van der Waals surface area contributed by atoms with E-state index in [0.29, 0.717) is 19.4 Å². The number of amides is 3. The Morgan fingerprint density at radius 3 is 2.61 bits per heavy atom. The quantitative estimate of drug-likeness (QED) is 0.642. The van der Waals surface area contributed by atoms with Crippen LogP contribution < -0.4 is 10.6 Å². The number of carboxylic acid groups (broad SMARTS) is 1. The van der Waals surface area contributed by atoms with Crippen LogP contribution in [0.1, 0.15) is 19.8 Å². The Kier molecular flexibility index (Phi) is 4.94. The Hall–Kier alpha value is -1.79. The van der Waals surface area contributed by atoms with Crippen molar-refractivity contribution < 1.29 is 19.5 Å². The van der Waals surface area contributed by atoms with Gasteiger partial charge in [0.1, 0.15) is 6.04 Å². The second kappa shape index (κ2) is 6.23. The lowest BCUT2D eigenvalue weighted by Gasteiger charge is -2.31. The van der Waals surface area contributed by atoms with Crippen LogP contribution in [0.2, 0.25) is 0 Å². The van der Waals surface area contributed by atoms with Crippen LogP contribution in [0.15, 0.2) is 0 Å². The number of rotatable bonds is 3. The predicted octanol–water partition coefficient (Wildman–Crippen LogP) is -0.373. The van der Waals surface area contributed by atoms with Crippen LogP contribution in [-0.4, -0.2) is 54.1 Å². The highest BCUT2D eigenvalue weighted by Crippen LogP contribution is 2.16. The number of likely N-dealkylation sites (N-methyl/N-ethyl adjacent to an activating group) is 1. The maximum absolute atomic E-state index is 11.8. The van der Waals surface area contributed by atoms with Crippen LogP contribution >= 0.6 is 0 Å². The normalized spacial score (nSPS) is 21.0. The van der Waals surface area contributed by atoms with Gasteiger partial charge in [0.25, 0.3) is 0 Å². The average Bonchev–Trinajstić information content (AvgIpc) is 2.37. The van der Waals surface area contributed by atoms with Gasteiger partial charge in [-0.1, -0.05) is 0 Å². The molecule has 1 heterocycles. The van der Waals surface area contributed by atoms with Crippen molar-refractivity contribution in [3.63, 3.8) is 0 Å². The number of aliphatic carboxylic acids is 1. The predicted molar refractivity (Wildman–Crippen MR) is 64.0 cm³/mol. The molecule has 7 heteroatoms. The van der Waals surface area contributed by atoms with Gasteiger partial charge in [-0.25, -0.2) is 4.79 Å². The van der Waals surface area contributed by atoms with Crippen molar-refractivity contribution in [2.75, 3.05) is 20.1 Å². The number of hydrogen-bond donors (Lipinski definition) is 3. The van der Waals surface area contributed by atoms with Crippen LogP contribution in [0.25, 0.3) is 0 Å². The smallest absolute Gasteiger partial charge is 0.318 e. The Labute approximate surface area is 106 Å². The fourth-order valence-corrected chi connectivity index (χ4v) is 1.92. The summed E-state index contributed by atoms with van der Waals surface area (Å²) in [5, 5.41) is 13.9. The van der Waals surface area contributed by atoms with E-state index in [1.807, 2.05) is 0 Å². The summed E-state index contributed by atoms with van der Waals surface area (Å²) in [7, 11) is 1.49. The van der Waals surface area contributed by atoms with Gasteiger partial charge in [0.2, 0.25) is 5.91 Å². The number of nitrogens with zero attached hydrogens (tertiary/aromatic N) is 1. The molecule has 3 N–H and O–H groups in total. The molecule has 7 nitrogen and oxygen atoms in total. The standard InChI is InChI=1S/C11H19N3O4/c1-7(9(15)12-2)13-11(18)14-5-3-4-8(6-14)10(16)17/h7-8H,3-6H2,1-2H3,(H,12,15)(H,13,18)(H,16,17)/t7?,8-/m0/s1. The van der Waals surface area contributed by atoms with E-state index in [-0.39, 0.29) is 12.5 Å². The third-order valence-electron chi connectivity index (χ3n) is 3.04. The summed E-state index contributed by atoms with van der Waals surface area (Å²) >= 11 is 0. The van der Waals surface area contributed by atoms with Crippen molar-refractivity contribution in [1.82, 2.24) is 15.5 Å². The van der Waals surface area contributed by atoms with Crippen LogP contribution in [0.5, 0.6) is 0 Å². The van der Waals surface area contributed by atoms with Crippen molar-refractivity contribution in [1.29, 1.82) is 0 Å². The van der Waals surface area contributed by atoms with Crippen LogP contribution in [0, 0.1) is 5.92 Å². The molecule has 18 heavy (non-hydrogen) atoms. The lowest BCUT2D eigenvalue weighted by Crippen LogP contribution is -2.52. The zero-order valence-corrected chi connectivity index (χ0v) is 10.6. The second-order valence-corrected chi connectivity index (χ2v) is 4.41. The molecule has 1 saturated heterocycles. The molecule has 0 aromatic rings. The van der Waals surface area contributed by atoms with Crippen LogP contribution in [-0.2, 0) is 9.59 Å². The van der Waals surface area contributed by atoms with Gasteiger partial charge < -0.3 is 20.6 Å². The SMILES string of the molecule is CNC(=O)C(C)NC(=O)N1CCC[C@H](C(=O)O)C1. The summed E-state index contributed by atoms with van der Waals surface area (Å²) in [4.78, 5) is 35.4. The van der Waals surface area contributed by atoms with Gasteiger partial charge in [-0.3, -0.25) is 9.59 Å². The number of likely N-dealkylation sites (tertiary alicyclic amines) is 1. The average molecular weight is 257 g/mol. The third kappa shape index (κ3) is 3.61. The van der Waals surface area contributed by atoms with Gasteiger partial charge in [-0.2, -0.15) is 0 Å². The molecule has 102 valence electrons. The van der Waals surface area contributed by atoms with Gasteiger partial charge in [-0.05, 0) is 19.8 Å². The fourth-order valence-electron chi connectivity index (χ4n) is 1.92. The number of hydrogen-bond acceptors (Lipinski definition) is 3. The topological polar surface area (TPSA) is 98.7 Å². The van der Waals surface area contributed by atoms with Crippen molar-refractivity contribution in [3.05, 3.63) is 0 Å². The van der Waals surface area contributed by atoms with Crippen molar-refractivity contribution >= 4 is 17.9 Å². The van der Waals surface area contributed by atoms with Gasteiger partial charge in [0, 0.05) is 20.1 Å². The third-order valence-corrected chi connectivity index (χ3v) is 3.04. The van der Waals surface area contributed by atoms with Gasteiger partial charge >= 0.3 is 12.0 Å². The molecule has 0 aromatic heterocycles. The number of piperidine rings is 1. The molecule has 0 saturated carbocycles. The van der Waals surface area contributed by atoms with E-state index in [4.69, 9.17) is 5.11 Å². The Morgan fingerprint density at radius 2 is 2.06 bits per heavy atom. The van der Waals surface area contributed by atoms with Crippen molar-refractivity contribution in [2.24, 2.45) is 5.92 Å². The van der Waals surface area contributed by atoms with Crippen molar-refractivity contribution in [2.45, 2.75) is 25.8 Å². The molecule has 0 aliphatic carbocycles. The van der Waals surface area contributed by atoms with E-state index in [2.05, 4.69) is 10.6 Å². The van der Waals surface area contributed by atoms with E-state index in [0.717, 1.165) is 0 Å². The summed E-state index contributed by atoms with van der Waals surface area (Å²) in [5.41, 5.74) is 0. The number of urea groups is 1. The lowest BCUT2D eigenvalue weighted by molar-refractivity contribution is -0.143. The molecular weight excluding hydrogens is 238 g/mol. The number of nitrogens with one attached hydrogen (secondary N) is 2. The van der Waals surface area contributed by atoms with Crippen LogP contribution in [0.4, 0.5) is 4.79 Å². The van der Waals surface area contributed by atoms with E-state index in [1.165, 1.54) is 11.9 Å². The summed E-state index contributed by atoms with van der Waals surface area (Å²) in [5.74, 6) is -1.68. The minimum absolute atomic E-state index is 0.196. The number of carbonyl (C=O) groups is 3. The molecule has 0 radical (unpaired) electrons. The van der Waals surface area contributed by atoms with E-state index in [9.17, 15) is 14.4 Å². The minimum atomic E-state index is -0.883. The molecule has 1 unspecified atom stereocenters. The summed E-state index contributed by atoms with van der Waals surface area (Å²) in [6, 6.07) is -1.02. The number of carbonyl (C=O) groups excluding carboxylic acids is 2. The largest absolute Gasteiger partial charge is 0.481 e. The van der Waals surface area contributed by atoms with Gasteiger partial charge in [0.05, 0.1) is 5.92 Å². The summed E-state index contributed by atoms with van der Waals surface area (Å²) in [6.07, 6.45) is 1.25. The lowest BCUT2D eigenvalue weighted by atomic mass is 9.99. The summed E-state index contributed by atoms with van der Waals surface area (Å²) in [6.45, 7) is 2.30. The van der Waals surface area contributed by atoms with Crippen LogP contribution in [0.3, 0.4) is 0 Å². The van der Waals surface area contributed by atoms with Crippen molar-refractivity contribution in [3.8, 4) is 0 Å². The highest BCUT2D eigenvalue weighted by atomic mass is 16.4. The maximum Gasteiger partial charge on any atom is 0.318 e. The molecule has 0 spiro atoms. The highest BCUT2D eigenvalue weighted by molar-refractivity contribution is 5.86. The second-order valence-electron chi connectivity index (χ2n) is 4.41. The maximum atomic E-state index is 11.8. The zero-order valence-electron chi connectivity index (χ0n) is 10.6. The van der Waals surface area contributed by atoms with Gasteiger partial charge in [0.15, 0.2) is 0 Å². The zero-order chi connectivity index (χ0) is 13.7. The molecule has 1 aliphatic rings. The molecule has 1 aliphatic heterocycles. The molecule has 1 rings (SSSR count). The molecule has 0 bridgehead atoms. The first-order valence-corrected chi connectivity index (χ1v) is 5.95. The summed E-state index contributed by atoms with van der Waals surface area (Å²) < 4.78 is 0. The first kappa shape index (κ1) is 14.3. The molecule has 2 atom stereocenters. The van der Waals surface area contributed by atoms with E-state index in [1.54, 1.807) is 6.92 Å². The van der Waals surface area contributed by atoms with E-state index >= 15 is 0 Å². The Bertz CT molecular complexity index is 345. The first-order valence-electron chi connectivity index (χ1n) is 5.95. The van der Waals surface area contributed by atoms with E-state index < -0.39 is 24.0 Å². The molecule has 0 aromatic carbocycles. The first-order chi connectivity index (χ1) is 8.45. The molecular formula is C11H19N3O4. The molecule has 3 amide bonds. The molecule has 1 fully saturated rings. The van der Waals surface area contributed by atoms with Gasteiger partial charge in [-0.15, -0.1) is 0 Å². The monoisotopic (exact) mass is 257 g/mol. The minimum Gasteiger partial charge on any atom is -0.481 e.